The highest BCUT2D eigenvalue weighted by atomic mass is 16.5. The van der Waals surface area contributed by atoms with Crippen molar-refractivity contribution in [2.24, 2.45) is 4.99 Å². The summed E-state index contributed by atoms with van der Waals surface area (Å²) in [6.07, 6.45) is 3.17. The van der Waals surface area contributed by atoms with Crippen molar-refractivity contribution in [1.82, 2.24) is 16.0 Å². The summed E-state index contributed by atoms with van der Waals surface area (Å²) in [5.41, 5.74) is 0. The SMILES string of the molecule is CCCCOCCCNC(=NC)NCC(=O)NCCOC. The Hall–Kier alpha value is -1.34. The Morgan fingerprint density at radius 3 is 2.48 bits per heavy atom. The normalized spacial score (nSPS) is 11.3. The second-order valence-electron chi connectivity index (χ2n) is 4.51. The fraction of sp³-hybridized carbons (Fsp3) is 0.857. The maximum Gasteiger partial charge on any atom is 0.239 e. The summed E-state index contributed by atoms with van der Waals surface area (Å²) in [4.78, 5) is 15.5. The molecule has 3 N–H and O–H groups in total. The molecule has 0 aromatic heterocycles. The first-order valence-corrected chi connectivity index (χ1v) is 7.52. The van der Waals surface area contributed by atoms with Gasteiger partial charge in [0.05, 0.1) is 13.2 Å². The summed E-state index contributed by atoms with van der Waals surface area (Å²) in [6, 6.07) is 0. The Balaban J connectivity index is 3.56. The molecule has 124 valence electrons. The molecule has 0 spiro atoms. The van der Waals surface area contributed by atoms with Gasteiger partial charge in [-0.3, -0.25) is 9.79 Å². The van der Waals surface area contributed by atoms with Gasteiger partial charge in [-0.2, -0.15) is 0 Å². The summed E-state index contributed by atoms with van der Waals surface area (Å²) in [5, 5.41) is 8.82. The van der Waals surface area contributed by atoms with Crippen LogP contribution in [0.15, 0.2) is 4.99 Å². The Morgan fingerprint density at radius 1 is 1.05 bits per heavy atom. The number of ether oxygens (including phenoxy) is 2. The van der Waals surface area contributed by atoms with Crippen molar-refractivity contribution in [3.05, 3.63) is 0 Å². The van der Waals surface area contributed by atoms with Crippen LogP contribution in [0, 0.1) is 0 Å². The van der Waals surface area contributed by atoms with Crippen LogP contribution in [0.1, 0.15) is 26.2 Å². The molecule has 21 heavy (non-hydrogen) atoms. The molecule has 7 nitrogen and oxygen atoms in total. The van der Waals surface area contributed by atoms with E-state index >= 15 is 0 Å². The summed E-state index contributed by atoms with van der Waals surface area (Å²) < 4.78 is 10.3. The molecule has 0 aliphatic carbocycles. The van der Waals surface area contributed by atoms with Crippen molar-refractivity contribution < 1.29 is 14.3 Å². The molecular formula is C14H30N4O3. The van der Waals surface area contributed by atoms with E-state index in [0.29, 0.717) is 19.1 Å². The lowest BCUT2D eigenvalue weighted by Crippen LogP contribution is -2.44. The molecule has 0 fully saturated rings. The fourth-order valence-electron chi connectivity index (χ4n) is 1.47. The number of nitrogens with one attached hydrogen (secondary N) is 3. The molecule has 0 aliphatic heterocycles. The van der Waals surface area contributed by atoms with Crippen molar-refractivity contribution in [2.45, 2.75) is 26.2 Å². The first kappa shape index (κ1) is 19.7. The Kier molecular flexibility index (Phi) is 14.1. The van der Waals surface area contributed by atoms with Gasteiger partial charge in [-0.05, 0) is 12.8 Å². The summed E-state index contributed by atoms with van der Waals surface area (Å²) in [6.45, 7) is 5.68. The molecule has 0 aromatic rings. The zero-order chi connectivity index (χ0) is 15.8. The Labute approximate surface area is 127 Å². The van der Waals surface area contributed by atoms with Crippen LogP contribution in [0.3, 0.4) is 0 Å². The number of rotatable bonds is 12. The van der Waals surface area contributed by atoms with Crippen molar-refractivity contribution in [2.75, 3.05) is 53.6 Å². The van der Waals surface area contributed by atoms with Gasteiger partial charge in [0.15, 0.2) is 5.96 Å². The Morgan fingerprint density at radius 2 is 1.81 bits per heavy atom. The summed E-state index contributed by atoms with van der Waals surface area (Å²) >= 11 is 0. The van der Waals surface area contributed by atoms with Gasteiger partial charge in [0, 0.05) is 40.5 Å². The average molecular weight is 302 g/mol. The smallest absolute Gasteiger partial charge is 0.239 e. The minimum atomic E-state index is -0.0853. The number of amides is 1. The molecule has 0 aliphatic rings. The van der Waals surface area contributed by atoms with Crippen LogP contribution < -0.4 is 16.0 Å². The van der Waals surface area contributed by atoms with Crippen LogP contribution >= 0.6 is 0 Å². The monoisotopic (exact) mass is 302 g/mol. The molecule has 0 radical (unpaired) electrons. The number of hydrogen-bond donors (Lipinski definition) is 3. The molecule has 0 saturated carbocycles. The second-order valence-corrected chi connectivity index (χ2v) is 4.51. The third-order valence-electron chi connectivity index (χ3n) is 2.67. The first-order valence-electron chi connectivity index (χ1n) is 7.52. The van der Waals surface area contributed by atoms with Crippen LogP contribution in [-0.2, 0) is 14.3 Å². The fourth-order valence-corrected chi connectivity index (χ4v) is 1.47. The first-order chi connectivity index (χ1) is 10.2. The van der Waals surface area contributed by atoms with E-state index in [0.717, 1.165) is 39.0 Å². The number of unbranched alkanes of at least 4 members (excludes halogenated alkanes) is 1. The van der Waals surface area contributed by atoms with Crippen molar-refractivity contribution in [3.63, 3.8) is 0 Å². The minimum absolute atomic E-state index is 0.0853. The van der Waals surface area contributed by atoms with Gasteiger partial charge in [-0.15, -0.1) is 0 Å². The average Bonchev–Trinajstić information content (AvgIpc) is 2.49. The molecule has 0 aromatic carbocycles. The molecule has 0 heterocycles. The van der Waals surface area contributed by atoms with E-state index in [1.807, 2.05) is 0 Å². The lowest BCUT2D eigenvalue weighted by molar-refractivity contribution is -0.120. The number of carbonyl (C=O) groups excluding carboxylic acids is 1. The van der Waals surface area contributed by atoms with Gasteiger partial charge < -0.3 is 25.4 Å². The molecule has 0 rings (SSSR count). The summed E-state index contributed by atoms with van der Waals surface area (Å²) in [5.74, 6) is 0.531. The Bertz CT molecular complexity index is 285. The van der Waals surface area contributed by atoms with Gasteiger partial charge in [0.25, 0.3) is 0 Å². The van der Waals surface area contributed by atoms with Gasteiger partial charge in [-0.25, -0.2) is 0 Å². The van der Waals surface area contributed by atoms with Gasteiger partial charge >= 0.3 is 0 Å². The number of methoxy groups -OCH3 is 1. The predicted molar refractivity (Wildman–Crippen MR) is 84.6 cm³/mol. The van der Waals surface area contributed by atoms with Gasteiger partial charge in [0.1, 0.15) is 0 Å². The van der Waals surface area contributed by atoms with E-state index in [-0.39, 0.29) is 12.5 Å². The van der Waals surface area contributed by atoms with E-state index in [2.05, 4.69) is 27.9 Å². The van der Waals surface area contributed by atoms with Crippen LogP contribution in [-0.4, -0.2) is 65.5 Å². The third kappa shape index (κ3) is 13.4. The maximum absolute atomic E-state index is 11.5. The highest BCUT2D eigenvalue weighted by molar-refractivity contribution is 5.86. The van der Waals surface area contributed by atoms with E-state index < -0.39 is 0 Å². The second kappa shape index (κ2) is 15.1. The number of guanidine groups is 1. The van der Waals surface area contributed by atoms with Crippen LogP contribution in [0.5, 0.6) is 0 Å². The van der Waals surface area contributed by atoms with Crippen molar-refractivity contribution in [3.8, 4) is 0 Å². The van der Waals surface area contributed by atoms with E-state index in [9.17, 15) is 4.79 Å². The molecule has 1 amide bonds. The number of nitrogens with zero attached hydrogens (tertiary/aromatic N) is 1. The van der Waals surface area contributed by atoms with E-state index in [1.54, 1.807) is 14.2 Å². The third-order valence-corrected chi connectivity index (χ3v) is 2.67. The molecule has 0 unspecified atom stereocenters. The van der Waals surface area contributed by atoms with Crippen LogP contribution in [0.2, 0.25) is 0 Å². The number of hydrogen-bond acceptors (Lipinski definition) is 4. The molecule has 0 saturated heterocycles. The quantitative estimate of drug-likeness (QED) is 0.271. The molecule has 0 atom stereocenters. The minimum Gasteiger partial charge on any atom is -0.383 e. The van der Waals surface area contributed by atoms with Gasteiger partial charge in [0.2, 0.25) is 5.91 Å². The molecule has 7 heteroatoms. The predicted octanol–water partition coefficient (Wildman–Crippen LogP) is 0.121. The van der Waals surface area contributed by atoms with Crippen LogP contribution in [0.4, 0.5) is 0 Å². The van der Waals surface area contributed by atoms with Crippen LogP contribution in [0.25, 0.3) is 0 Å². The van der Waals surface area contributed by atoms with Crippen molar-refractivity contribution in [1.29, 1.82) is 0 Å². The lowest BCUT2D eigenvalue weighted by atomic mass is 10.4. The van der Waals surface area contributed by atoms with E-state index in [1.165, 1.54) is 0 Å². The standard InChI is InChI=1S/C14H30N4O3/c1-4-5-9-21-10-6-7-17-14(15-2)18-12-13(19)16-8-11-20-3/h4-12H2,1-3H3,(H,16,19)(H2,15,17,18). The van der Waals surface area contributed by atoms with Gasteiger partial charge in [-0.1, -0.05) is 13.3 Å². The molecular weight excluding hydrogens is 272 g/mol. The van der Waals surface area contributed by atoms with E-state index in [4.69, 9.17) is 9.47 Å². The topological polar surface area (TPSA) is 84.0 Å². The highest BCUT2D eigenvalue weighted by Crippen LogP contribution is 1.89. The lowest BCUT2D eigenvalue weighted by Gasteiger charge is -2.12. The maximum atomic E-state index is 11.5. The summed E-state index contributed by atoms with van der Waals surface area (Å²) in [7, 11) is 3.28. The largest absolute Gasteiger partial charge is 0.383 e. The number of aliphatic imine (C=N–C) groups is 1. The number of carbonyl (C=O) groups is 1. The highest BCUT2D eigenvalue weighted by Gasteiger charge is 2.02. The zero-order valence-electron chi connectivity index (χ0n) is 13.5. The van der Waals surface area contributed by atoms with Crippen molar-refractivity contribution >= 4 is 11.9 Å². The zero-order valence-corrected chi connectivity index (χ0v) is 13.5. The molecule has 0 bridgehead atoms.